The van der Waals surface area contributed by atoms with Gasteiger partial charge in [0.2, 0.25) is 0 Å². The van der Waals surface area contributed by atoms with E-state index in [0.717, 1.165) is 12.8 Å². The second-order valence-electron chi connectivity index (χ2n) is 2.94. The van der Waals surface area contributed by atoms with Gasteiger partial charge in [-0.05, 0) is 25.8 Å². The van der Waals surface area contributed by atoms with Crippen LogP contribution in [0.25, 0.3) is 0 Å². The van der Waals surface area contributed by atoms with E-state index in [4.69, 9.17) is 0 Å². The molecule has 0 aliphatic heterocycles. The van der Waals surface area contributed by atoms with Crippen molar-refractivity contribution in [1.29, 1.82) is 0 Å². The van der Waals surface area contributed by atoms with Gasteiger partial charge < -0.3 is 10.4 Å². The summed E-state index contributed by atoms with van der Waals surface area (Å²) in [6, 6.07) is 0.338. The van der Waals surface area contributed by atoms with E-state index in [0.29, 0.717) is 12.0 Å². The number of hydrogen-bond acceptors (Lipinski definition) is 2. The molecule has 1 rings (SSSR count). The average Bonchev–Trinajstić information content (AvgIpc) is 2.12. The molecule has 1 aliphatic carbocycles. The molecule has 0 radical (unpaired) electrons. The summed E-state index contributed by atoms with van der Waals surface area (Å²) >= 11 is 0. The van der Waals surface area contributed by atoms with Crippen LogP contribution in [-0.4, -0.2) is 24.3 Å². The molecule has 0 heterocycles. The van der Waals surface area contributed by atoms with Crippen LogP contribution in [0.1, 0.15) is 19.8 Å². The molecule has 1 saturated carbocycles. The van der Waals surface area contributed by atoms with Crippen LogP contribution < -0.4 is 5.32 Å². The average molecular weight is 129 g/mol. The molecule has 0 aromatic heterocycles. The summed E-state index contributed by atoms with van der Waals surface area (Å²) in [7, 11) is 1.91. The van der Waals surface area contributed by atoms with E-state index in [1.807, 2.05) is 7.05 Å². The normalized spacial score (nSPS) is 43.7. The third-order valence-corrected chi connectivity index (χ3v) is 2.28. The number of aliphatic hydroxyl groups is 1. The predicted molar refractivity (Wildman–Crippen MR) is 37.3 cm³/mol. The molecule has 2 N–H and O–H groups in total. The first-order valence-corrected chi connectivity index (χ1v) is 3.61. The van der Waals surface area contributed by atoms with Gasteiger partial charge in [-0.15, -0.1) is 0 Å². The van der Waals surface area contributed by atoms with Crippen molar-refractivity contribution in [2.75, 3.05) is 7.05 Å². The van der Waals surface area contributed by atoms with Crippen molar-refractivity contribution in [2.45, 2.75) is 31.9 Å². The van der Waals surface area contributed by atoms with Gasteiger partial charge in [-0.1, -0.05) is 6.92 Å². The van der Waals surface area contributed by atoms with Crippen LogP contribution in [0.2, 0.25) is 0 Å². The van der Waals surface area contributed by atoms with E-state index < -0.39 is 0 Å². The number of aliphatic hydroxyl groups excluding tert-OH is 1. The molecule has 1 fully saturated rings. The quantitative estimate of drug-likeness (QED) is 0.536. The molecule has 2 nitrogen and oxygen atoms in total. The molecule has 0 saturated heterocycles. The van der Waals surface area contributed by atoms with Gasteiger partial charge in [0.25, 0.3) is 0 Å². The Kier molecular flexibility index (Phi) is 2.09. The molecule has 3 atom stereocenters. The maximum Gasteiger partial charge on any atom is 0.0695 e. The predicted octanol–water partition coefficient (Wildman–Crippen LogP) is 0.365. The first-order valence-electron chi connectivity index (χ1n) is 3.61. The van der Waals surface area contributed by atoms with Crippen LogP contribution in [0.4, 0.5) is 0 Å². The minimum Gasteiger partial charge on any atom is -0.391 e. The summed E-state index contributed by atoms with van der Waals surface area (Å²) < 4.78 is 0. The van der Waals surface area contributed by atoms with Crippen LogP contribution in [0.3, 0.4) is 0 Å². The molecule has 0 amide bonds. The largest absolute Gasteiger partial charge is 0.391 e. The van der Waals surface area contributed by atoms with Gasteiger partial charge in [0, 0.05) is 6.04 Å². The van der Waals surface area contributed by atoms with Crippen molar-refractivity contribution in [3.8, 4) is 0 Å². The Labute approximate surface area is 56.3 Å². The van der Waals surface area contributed by atoms with Crippen molar-refractivity contribution in [3.05, 3.63) is 0 Å². The lowest BCUT2D eigenvalue weighted by Gasteiger charge is -2.17. The highest BCUT2D eigenvalue weighted by molar-refractivity contribution is 4.86. The second kappa shape index (κ2) is 2.67. The second-order valence-corrected chi connectivity index (χ2v) is 2.94. The Hall–Kier alpha value is -0.0800. The van der Waals surface area contributed by atoms with Gasteiger partial charge in [0.05, 0.1) is 6.10 Å². The summed E-state index contributed by atoms with van der Waals surface area (Å²) in [6.45, 7) is 2.18. The van der Waals surface area contributed by atoms with Crippen molar-refractivity contribution >= 4 is 0 Å². The first-order chi connectivity index (χ1) is 4.25. The van der Waals surface area contributed by atoms with Gasteiger partial charge in [-0.25, -0.2) is 0 Å². The Morgan fingerprint density at radius 2 is 2.11 bits per heavy atom. The standard InChI is InChI=1S/C7H15NO/c1-5-3-4-6(9)7(5)8-2/h5-9H,3-4H2,1-2H3/t5-,6?,7?/m1/s1. The molecule has 9 heavy (non-hydrogen) atoms. The van der Waals surface area contributed by atoms with E-state index in [1.165, 1.54) is 0 Å². The SMILES string of the molecule is CNC1C(O)CC[C@H]1C. The zero-order chi connectivity index (χ0) is 6.85. The Morgan fingerprint density at radius 1 is 1.44 bits per heavy atom. The molecule has 0 bridgehead atoms. The maximum absolute atomic E-state index is 9.30. The highest BCUT2D eigenvalue weighted by atomic mass is 16.3. The highest BCUT2D eigenvalue weighted by Gasteiger charge is 2.29. The van der Waals surface area contributed by atoms with Crippen LogP contribution in [-0.2, 0) is 0 Å². The van der Waals surface area contributed by atoms with E-state index in [1.54, 1.807) is 0 Å². The lowest BCUT2D eigenvalue weighted by molar-refractivity contribution is 0.144. The fraction of sp³-hybridized carbons (Fsp3) is 1.00. The molecule has 1 aliphatic rings. The van der Waals surface area contributed by atoms with Gasteiger partial charge in [-0.3, -0.25) is 0 Å². The number of rotatable bonds is 1. The van der Waals surface area contributed by atoms with Crippen molar-refractivity contribution in [3.63, 3.8) is 0 Å². The third kappa shape index (κ3) is 1.25. The third-order valence-electron chi connectivity index (χ3n) is 2.28. The van der Waals surface area contributed by atoms with E-state index in [2.05, 4.69) is 12.2 Å². The number of nitrogens with one attached hydrogen (secondary N) is 1. The first kappa shape index (κ1) is 7.03. The smallest absolute Gasteiger partial charge is 0.0695 e. The molecule has 0 aromatic carbocycles. The molecule has 2 unspecified atom stereocenters. The fourth-order valence-electron chi connectivity index (χ4n) is 1.65. The summed E-state index contributed by atoms with van der Waals surface area (Å²) in [5.74, 6) is 0.644. The van der Waals surface area contributed by atoms with Crippen LogP contribution in [0, 0.1) is 5.92 Å². The zero-order valence-corrected chi connectivity index (χ0v) is 6.09. The van der Waals surface area contributed by atoms with Crippen molar-refractivity contribution in [1.82, 2.24) is 5.32 Å². The van der Waals surface area contributed by atoms with Crippen molar-refractivity contribution < 1.29 is 5.11 Å². The summed E-state index contributed by atoms with van der Waals surface area (Å²) in [5.41, 5.74) is 0. The zero-order valence-electron chi connectivity index (χ0n) is 6.09. The summed E-state index contributed by atoms with van der Waals surface area (Å²) in [6.07, 6.45) is 2.02. The minimum absolute atomic E-state index is 0.106. The molecular weight excluding hydrogens is 114 g/mol. The lowest BCUT2D eigenvalue weighted by Crippen LogP contribution is -2.36. The molecular formula is C7H15NO. The van der Waals surface area contributed by atoms with Crippen LogP contribution >= 0.6 is 0 Å². The Bertz CT molecular complexity index is 84.9. The highest BCUT2D eigenvalue weighted by Crippen LogP contribution is 2.24. The van der Waals surface area contributed by atoms with Crippen LogP contribution in [0.15, 0.2) is 0 Å². The van der Waals surface area contributed by atoms with Crippen molar-refractivity contribution in [2.24, 2.45) is 5.92 Å². The van der Waals surface area contributed by atoms with E-state index >= 15 is 0 Å². The lowest BCUT2D eigenvalue weighted by atomic mass is 10.1. The number of likely N-dealkylation sites (N-methyl/N-ethyl adjacent to an activating group) is 1. The maximum atomic E-state index is 9.30. The summed E-state index contributed by atoms with van der Waals surface area (Å²) in [4.78, 5) is 0. The molecule has 0 aromatic rings. The molecule has 2 heteroatoms. The topological polar surface area (TPSA) is 32.3 Å². The molecule has 0 spiro atoms. The monoisotopic (exact) mass is 129 g/mol. The Morgan fingerprint density at radius 3 is 2.33 bits per heavy atom. The van der Waals surface area contributed by atoms with Gasteiger partial charge >= 0.3 is 0 Å². The molecule has 54 valence electrons. The Balaban J connectivity index is 2.44. The van der Waals surface area contributed by atoms with E-state index in [-0.39, 0.29) is 6.10 Å². The number of hydrogen-bond donors (Lipinski definition) is 2. The van der Waals surface area contributed by atoms with Gasteiger partial charge in [0.15, 0.2) is 0 Å². The minimum atomic E-state index is -0.106. The van der Waals surface area contributed by atoms with E-state index in [9.17, 15) is 5.11 Å². The fourth-order valence-corrected chi connectivity index (χ4v) is 1.65. The van der Waals surface area contributed by atoms with Crippen LogP contribution in [0.5, 0.6) is 0 Å². The summed E-state index contributed by atoms with van der Waals surface area (Å²) in [5, 5.41) is 12.4. The van der Waals surface area contributed by atoms with Gasteiger partial charge in [-0.2, -0.15) is 0 Å². The van der Waals surface area contributed by atoms with Gasteiger partial charge in [0.1, 0.15) is 0 Å².